The summed E-state index contributed by atoms with van der Waals surface area (Å²) in [4.78, 5) is 39.7. The van der Waals surface area contributed by atoms with Crippen LogP contribution in [0.1, 0.15) is 182 Å². The highest BCUT2D eigenvalue weighted by Gasteiger charge is 2.41. The molecule has 123 heavy (non-hydrogen) atoms. The van der Waals surface area contributed by atoms with Crippen molar-refractivity contribution in [3.63, 3.8) is 0 Å². The van der Waals surface area contributed by atoms with Gasteiger partial charge in [0.2, 0.25) is 0 Å². The summed E-state index contributed by atoms with van der Waals surface area (Å²) >= 11 is 15.9. The second-order valence-corrected chi connectivity index (χ2v) is 30.1. The molecule has 12 N–H and O–H groups in total. The summed E-state index contributed by atoms with van der Waals surface area (Å²) in [5.41, 5.74) is 49.0. The molecule has 0 spiro atoms. The Balaban J connectivity index is 0.000000192. The molecule has 626 valence electrons. The maximum atomic E-state index is 12.1. The van der Waals surface area contributed by atoms with E-state index >= 15 is 0 Å². The standard InChI is InChI=1S/C29H28N16.C29H16N4.C15H21ClO.C9H9ClO3.C8H4ClF3O.2CH4/c1-9-21(10-2-17(1)25-30-38-39-31-25)29(22-11-3-18(4-12-22)26-32-40-41-33-26,23-13-5-19(6-14-23)27-34-42-43-35-27)24-15-7-20(8-16-24)28-36-44-45-37-28;1-32-27-15-11-25(12-16-27)29(23-7-3-21(19-30)4-8-23,24-9-5-22(20-31)6-10-24)26-13-17-28(33-2)18-14-26;1-14(2,3)11-7-10(13(16)17)8-12(9-11)15(4,5)6;1-12-7-4-3-6(9(10)11)5-8(7)13-2;9-7(13)5-2-1-3-6(4-5)8(10,11)12;;/h1-16,38-45H,(H,30,31)(H,32,33)(H,34,35)(H,36,37);3-18H;7-9H,1-6H3;3-5H,1-2H3;1-4H;2*1H4. The molecule has 0 saturated heterocycles. The van der Waals surface area contributed by atoms with Crippen molar-refractivity contribution in [2.45, 2.75) is 84.2 Å². The summed E-state index contributed by atoms with van der Waals surface area (Å²) in [5, 5.41) is 33.9. The largest absolute Gasteiger partial charge is 0.493 e. The first-order chi connectivity index (χ1) is 58.0. The van der Waals surface area contributed by atoms with Crippen molar-refractivity contribution in [2.24, 2.45) is 20.4 Å². The maximum absolute atomic E-state index is 12.1. The number of hydrogen-bond acceptors (Lipinski definition) is 23. The van der Waals surface area contributed by atoms with Gasteiger partial charge in [-0.2, -0.15) is 23.7 Å². The fourth-order valence-corrected chi connectivity index (χ4v) is 13.7. The number of benzene rings is 11. The van der Waals surface area contributed by atoms with E-state index in [9.17, 15) is 38.1 Å². The van der Waals surface area contributed by atoms with Crippen LogP contribution in [-0.2, 0) is 27.8 Å². The van der Waals surface area contributed by atoms with Crippen molar-refractivity contribution < 1.29 is 37.0 Å². The molecule has 0 unspecified atom stereocenters. The van der Waals surface area contributed by atoms with Crippen LogP contribution in [0.15, 0.2) is 275 Å². The van der Waals surface area contributed by atoms with Gasteiger partial charge < -0.3 is 9.47 Å². The third kappa shape index (κ3) is 21.8. The molecule has 31 heteroatoms. The molecule has 25 nitrogen and oxygen atoms in total. The highest BCUT2D eigenvalue weighted by Crippen LogP contribution is 2.48. The number of nitrogens with zero attached hydrogens (tertiary/aromatic N) is 8. The van der Waals surface area contributed by atoms with Gasteiger partial charge in [-0.25, -0.2) is 31.8 Å². The summed E-state index contributed by atoms with van der Waals surface area (Å²) in [6, 6.07) is 82.5. The number of hydrazine groups is 8. The van der Waals surface area contributed by atoms with Gasteiger partial charge in [0.1, 0.15) is 0 Å². The normalized spacial score (nSPS) is 12.8. The number of hydrazone groups is 4. The molecule has 0 aromatic heterocycles. The molecular formula is C92H86Cl3F3N20O5. The van der Waals surface area contributed by atoms with Gasteiger partial charge >= 0.3 is 6.18 Å². The maximum Gasteiger partial charge on any atom is 0.416 e. The minimum atomic E-state index is -4.44. The molecule has 4 heterocycles. The summed E-state index contributed by atoms with van der Waals surface area (Å²) in [6.07, 6.45) is -4.44. The Morgan fingerprint density at radius 2 is 0.634 bits per heavy atom. The lowest BCUT2D eigenvalue weighted by atomic mass is 9.64. The zero-order valence-corrected chi connectivity index (χ0v) is 68.4. The fraction of sp³-hybridized carbons (Fsp3) is 0.163. The lowest BCUT2D eigenvalue weighted by Gasteiger charge is -2.37. The minimum Gasteiger partial charge on any atom is -0.493 e. The molecule has 0 radical (unpaired) electrons. The second kappa shape index (κ2) is 41.0. The smallest absolute Gasteiger partial charge is 0.416 e. The zero-order chi connectivity index (χ0) is 86.7. The Bertz CT molecular complexity index is 5360. The van der Waals surface area contributed by atoms with Crippen LogP contribution < -0.4 is 75.5 Å². The molecule has 4 aliphatic heterocycles. The Labute approximate surface area is 725 Å². The average Bonchev–Trinajstić information content (AvgIpc) is 0.916. The van der Waals surface area contributed by atoms with Gasteiger partial charge in [0.15, 0.2) is 46.2 Å². The van der Waals surface area contributed by atoms with Crippen LogP contribution in [-0.4, -0.2) is 53.3 Å². The second-order valence-electron chi connectivity index (χ2n) is 29.1. The van der Waals surface area contributed by atoms with Crippen molar-refractivity contribution in [1.29, 1.82) is 10.5 Å². The number of carbonyl (C=O) groups excluding carboxylic acids is 3. The number of rotatable bonds is 17. The van der Waals surface area contributed by atoms with Gasteiger partial charge in [0, 0.05) is 38.9 Å². The predicted molar refractivity (Wildman–Crippen MR) is 474 cm³/mol. The Kier molecular flexibility index (Phi) is 30.8. The van der Waals surface area contributed by atoms with Gasteiger partial charge in [-0.1, -0.05) is 244 Å². The Hall–Kier alpha value is -14.4. The molecule has 0 amide bonds. The van der Waals surface area contributed by atoms with E-state index in [1.54, 1.807) is 60.7 Å². The van der Waals surface area contributed by atoms with Crippen molar-refractivity contribution in [3.8, 4) is 23.6 Å². The van der Waals surface area contributed by atoms with Crippen molar-refractivity contribution in [2.75, 3.05) is 14.2 Å². The lowest BCUT2D eigenvalue weighted by molar-refractivity contribution is -0.137. The summed E-state index contributed by atoms with van der Waals surface area (Å²) in [7, 11) is 3.03. The average molecular weight is 1720 g/mol. The first-order valence-corrected chi connectivity index (χ1v) is 38.1. The molecule has 0 fully saturated rings. The van der Waals surface area contributed by atoms with Crippen molar-refractivity contribution in [3.05, 3.63) is 389 Å². The van der Waals surface area contributed by atoms with E-state index in [4.69, 9.17) is 57.4 Å². The molecule has 0 saturated carbocycles. The summed E-state index contributed by atoms with van der Waals surface area (Å²) < 4.78 is 46.2. The van der Waals surface area contributed by atoms with Crippen LogP contribution in [0.4, 0.5) is 24.5 Å². The number of methoxy groups -OCH3 is 2. The topological polar surface area (TPSA) is 320 Å². The molecule has 11 aromatic carbocycles. The van der Waals surface area contributed by atoms with Gasteiger partial charge in [-0.15, -0.1) is 42.5 Å². The van der Waals surface area contributed by atoms with Gasteiger partial charge in [-0.05, 0) is 168 Å². The van der Waals surface area contributed by atoms with Gasteiger partial charge in [0.05, 0.1) is 67.0 Å². The molecule has 11 aromatic rings. The van der Waals surface area contributed by atoms with Crippen molar-refractivity contribution in [1.82, 2.24) is 66.0 Å². The van der Waals surface area contributed by atoms with E-state index in [2.05, 4.69) is 253 Å². The number of halogens is 6. The number of carbonyl (C=O) groups is 3. The molecule has 4 aliphatic rings. The number of alkyl halides is 3. The molecule has 0 atom stereocenters. The first kappa shape index (κ1) is 92.5. The van der Waals surface area contributed by atoms with Crippen molar-refractivity contribution >= 4 is 85.2 Å². The number of amidine groups is 4. The SMILES string of the molecule is C.C.CC(C)(C)c1cc(C(=O)Cl)cc(C(C)(C)C)c1.COc1ccc(C(=O)Cl)cc1OC.O=C(Cl)c1cccc(C(F)(F)F)c1.[C-]#[N+]c1ccc(C(c2ccc(C#N)cc2)(c2ccc(C#N)cc2)c2ccc([N+]#[C-])cc2)cc1.c1cc(C(c2ccc(C3=NNNN3)cc2)(c2ccc(C3=NNNN3)cc2)c2ccc(C3=NNNN3)cc2)ccc1C1=NNNN1. The van der Waals surface area contributed by atoms with E-state index in [1.807, 2.05) is 60.7 Å². The van der Waals surface area contributed by atoms with E-state index in [-0.39, 0.29) is 36.5 Å². The summed E-state index contributed by atoms with van der Waals surface area (Å²) in [6.45, 7) is 27.5. The molecule has 15 rings (SSSR count). The van der Waals surface area contributed by atoms with E-state index in [0.717, 1.165) is 96.1 Å². The highest BCUT2D eigenvalue weighted by molar-refractivity contribution is 6.68. The van der Waals surface area contributed by atoms with E-state index in [0.29, 0.717) is 68.5 Å². The molecule has 0 bridgehead atoms. The predicted octanol–water partition coefficient (Wildman–Crippen LogP) is 17.2. The quantitative estimate of drug-likeness (QED) is 0.0229. The zero-order valence-electron chi connectivity index (χ0n) is 66.1. The molecule has 0 aliphatic carbocycles. The monoisotopic (exact) mass is 1710 g/mol. The first-order valence-electron chi connectivity index (χ1n) is 37.0. The number of nitrogens with one attached hydrogen (secondary N) is 12. The van der Waals surface area contributed by atoms with Crippen LogP contribution in [0.3, 0.4) is 0 Å². The van der Waals surface area contributed by atoms with Crippen LogP contribution in [0, 0.1) is 35.8 Å². The third-order valence-corrected chi connectivity index (χ3v) is 20.3. The van der Waals surface area contributed by atoms with Gasteiger partial charge in [-0.3, -0.25) is 36.1 Å². The number of nitriles is 2. The number of ether oxygens (including phenoxy) is 2. The Morgan fingerprint density at radius 3 is 0.878 bits per heavy atom. The summed E-state index contributed by atoms with van der Waals surface area (Å²) in [5.74, 6) is 3.89. The lowest BCUT2D eigenvalue weighted by Crippen LogP contribution is -2.36. The fourth-order valence-electron chi connectivity index (χ4n) is 13.4. The van der Waals surface area contributed by atoms with Crippen LogP contribution in [0.25, 0.3) is 9.69 Å². The van der Waals surface area contributed by atoms with E-state index < -0.39 is 33.1 Å². The van der Waals surface area contributed by atoms with Crippen LogP contribution in [0.5, 0.6) is 11.5 Å². The minimum absolute atomic E-state index is 0. The Morgan fingerprint density at radius 1 is 0.358 bits per heavy atom. The number of hydrogen-bond donors (Lipinski definition) is 12. The van der Waals surface area contributed by atoms with Crippen LogP contribution >= 0.6 is 34.8 Å². The highest BCUT2D eigenvalue weighted by atomic mass is 35.5. The van der Waals surface area contributed by atoms with E-state index in [1.165, 1.54) is 26.4 Å². The van der Waals surface area contributed by atoms with Gasteiger partial charge in [0.25, 0.3) is 15.7 Å². The molecular weight excluding hydrogens is 1630 g/mol. The third-order valence-electron chi connectivity index (χ3n) is 19.7. The van der Waals surface area contributed by atoms with Crippen LogP contribution in [0.2, 0.25) is 0 Å².